The van der Waals surface area contributed by atoms with Gasteiger partial charge in [0.25, 0.3) is 0 Å². The van der Waals surface area contributed by atoms with Crippen LogP contribution in [0, 0.1) is 0 Å². The summed E-state index contributed by atoms with van der Waals surface area (Å²) < 4.78 is 15.6. The molecule has 11 heteroatoms. The molecule has 41 heavy (non-hydrogen) atoms. The number of fused-ring (bicyclic) bond motifs is 2. The first-order valence-electron chi connectivity index (χ1n) is 15.2. The van der Waals surface area contributed by atoms with Crippen LogP contribution in [0.3, 0.4) is 0 Å². The van der Waals surface area contributed by atoms with E-state index < -0.39 is 0 Å². The van der Waals surface area contributed by atoms with E-state index in [4.69, 9.17) is 29.4 Å². The van der Waals surface area contributed by atoms with Crippen molar-refractivity contribution < 1.29 is 9.47 Å². The van der Waals surface area contributed by atoms with Crippen molar-refractivity contribution >= 4 is 28.0 Å². The number of imidazole rings is 2. The molecule has 3 aliphatic heterocycles. The minimum absolute atomic E-state index is 0.568. The van der Waals surface area contributed by atoms with E-state index in [1.165, 1.54) is 12.8 Å². The quantitative estimate of drug-likeness (QED) is 0.339. The van der Waals surface area contributed by atoms with Crippen LogP contribution in [-0.4, -0.2) is 111 Å². The zero-order valence-corrected chi connectivity index (χ0v) is 24.5. The van der Waals surface area contributed by atoms with Crippen LogP contribution in [-0.2, 0) is 29.5 Å². The lowest BCUT2D eigenvalue weighted by Gasteiger charge is -2.38. The molecule has 0 spiro atoms. The fourth-order valence-electron chi connectivity index (χ4n) is 6.68. The molecule has 218 valence electrons. The number of likely N-dealkylation sites (N-methyl/N-ethyl adjacent to an activating group) is 1. The minimum atomic E-state index is 0.568. The number of rotatable bonds is 7. The maximum atomic E-state index is 5.67. The van der Waals surface area contributed by atoms with Gasteiger partial charge in [0.2, 0.25) is 5.95 Å². The lowest BCUT2D eigenvalue weighted by atomic mass is 10.0. The monoisotopic (exact) mass is 559 g/mol. The summed E-state index contributed by atoms with van der Waals surface area (Å²) in [4.78, 5) is 27.8. The average molecular weight is 560 g/mol. The maximum Gasteiger partial charge on any atom is 0.239 e. The smallest absolute Gasteiger partial charge is 0.239 e. The van der Waals surface area contributed by atoms with Gasteiger partial charge in [-0.15, -0.1) is 0 Å². The van der Waals surface area contributed by atoms with Gasteiger partial charge in [-0.05, 0) is 38.4 Å². The van der Waals surface area contributed by atoms with Gasteiger partial charge in [-0.25, -0.2) is 9.97 Å². The number of hydrogen-bond acceptors (Lipinski definition) is 9. The zero-order chi connectivity index (χ0) is 27.9. The Morgan fingerprint density at radius 1 is 0.878 bits per heavy atom. The number of benzene rings is 1. The summed E-state index contributed by atoms with van der Waals surface area (Å²) in [6, 6.07) is 9.41. The van der Waals surface area contributed by atoms with Crippen LogP contribution >= 0.6 is 0 Å². The predicted molar refractivity (Wildman–Crippen MR) is 159 cm³/mol. The van der Waals surface area contributed by atoms with Gasteiger partial charge in [0.1, 0.15) is 11.6 Å². The summed E-state index contributed by atoms with van der Waals surface area (Å²) in [5.41, 5.74) is 3.71. The van der Waals surface area contributed by atoms with Gasteiger partial charge in [0.15, 0.2) is 17.0 Å². The Hall–Kier alpha value is -3.12. The molecule has 3 saturated heterocycles. The van der Waals surface area contributed by atoms with Crippen molar-refractivity contribution in [3.05, 3.63) is 35.9 Å². The second kappa shape index (κ2) is 11.3. The van der Waals surface area contributed by atoms with Crippen LogP contribution in [0.5, 0.6) is 0 Å². The van der Waals surface area contributed by atoms with Crippen LogP contribution < -0.4 is 4.90 Å². The highest BCUT2D eigenvalue weighted by Crippen LogP contribution is 2.29. The normalized spacial score (nSPS) is 21.2. The fraction of sp³-hybridized carbons (Fsp3) is 0.600. The van der Waals surface area contributed by atoms with Gasteiger partial charge in [-0.3, -0.25) is 14.4 Å². The molecule has 0 radical (unpaired) electrons. The molecule has 7 rings (SSSR count). The molecule has 1 unspecified atom stereocenters. The highest BCUT2D eigenvalue weighted by Gasteiger charge is 2.30. The van der Waals surface area contributed by atoms with Crippen LogP contribution in [0.25, 0.3) is 28.1 Å². The van der Waals surface area contributed by atoms with E-state index in [1.54, 1.807) is 0 Å². The maximum absolute atomic E-state index is 5.67. The molecule has 0 bridgehead atoms. The molecule has 6 heterocycles. The van der Waals surface area contributed by atoms with Crippen molar-refractivity contribution in [3.8, 4) is 5.95 Å². The Morgan fingerprint density at radius 3 is 2.44 bits per heavy atom. The highest BCUT2D eigenvalue weighted by molar-refractivity contribution is 5.86. The third-order valence-electron chi connectivity index (χ3n) is 9.22. The molecule has 3 fully saturated rings. The summed E-state index contributed by atoms with van der Waals surface area (Å²) in [6.45, 7) is 9.79. The summed E-state index contributed by atoms with van der Waals surface area (Å²) in [5.74, 6) is 3.52. The van der Waals surface area contributed by atoms with Crippen molar-refractivity contribution in [2.45, 2.75) is 51.2 Å². The molecule has 3 aliphatic rings. The van der Waals surface area contributed by atoms with Crippen molar-refractivity contribution in [2.75, 3.05) is 64.6 Å². The van der Waals surface area contributed by atoms with Crippen LogP contribution in [0.15, 0.2) is 24.3 Å². The number of ether oxygens (including phenoxy) is 2. The summed E-state index contributed by atoms with van der Waals surface area (Å²) in [7, 11) is 4.37. The Morgan fingerprint density at radius 2 is 1.68 bits per heavy atom. The molecule has 1 aromatic carbocycles. The first-order chi connectivity index (χ1) is 20.1. The lowest BCUT2D eigenvalue weighted by molar-refractivity contribution is 0.0819. The third kappa shape index (κ3) is 4.98. The van der Waals surface area contributed by atoms with Gasteiger partial charge >= 0.3 is 0 Å². The van der Waals surface area contributed by atoms with Gasteiger partial charge < -0.3 is 18.9 Å². The molecule has 0 aliphatic carbocycles. The largest absolute Gasteiger partial charge is 0.380 e. The second-order valence-corrected chi connectivity index (χ2v) is 11.6. The van der Waals surface area contributed by atoms with E-state index in [-0.39, 0.29) is 0 Å². The van der Waals surface area contributed by atoms with Crippen molar-refractivity contribution in [3.63, 3.8) is 0 Å². The number of morpholine rings is 1. The van der Waals surface area contributed by atoms with Crippen molar-refractivity contribution in [2.24, 2.45) is 7.05 Å². The topological polar surface area (TPSA) is 89.6 Å². The van der Waals surface area contributed by atoms with E-state index in [2.05, 4.69) is 57.0 Å². The van der Waals surface area contributed by atoms with Crippen LogP contribution in [0.1, 0.15) is 37.8 Å². The SMILES string of the molecule is CCc1nc2ccccc2n1-c1nc(N2CCOCC2)c2nc(CN3CCC(N(C)C4CCOC4)CC3)n(C)c2n1. The van der Waals surface area contributed by atoms with Gasteiger partial charge in [0, 0.05) is 58.3 Å². The number of aromatic nitrogens is 6. The molecular weight excluding hydrogens is 518 g/mol. The Labute approximate surface area is 241 Å². The minimum Gasteiger partial charge on any atom is -0.380 e. The average Bonchev–Trinajstić information content (AvgIpc) is 3.76. The Bertz CT molecular complexity index is 1510. The number of para-hydroxylation sites is 2. The van der Waals surface area contributed by atoms with E-state index in [0.29, 0.717) is 31.2 Å². The number of piperidine rings is 1. The van der Waals surface area contributed by atoms with Crippen molar-refractivity contribution in [1.82, 2.24) is 38.9 Å². The zero-order valence-electron chi connectivity index (χ0n) is 24.5. The molecule has 3 aromatic heterocycles. The summed E-state index contributed by atoms with van der Waals surface area (Å²) >= 11 is 0. The fourth-order valence-corrected chi connectivity index (χ4v) is 6.68. The molecular formula is C30H41N9O2. The number of hydrogen-bond donors (Lipinski definition) is 0. The third-order valence-corrected chi connectivity index (χ3v) is 9.22. The molecule has 1 atom stereocenters. The van der Waals surface area contributed by atoms with Gasteiger partial charge in [-0.2, -0.15) is 9.97 Å². The number of aryl methyl sites for hydroxylation is 2. The lowest BCUT2D eigenvalue weighted by Crippen LogP contribution is -2.47. The predicted octanol–water partition coefficient (Wildman–Crippen LogP) is 2.79. The van der Waals surface area contributed by atoms with Crippen LogP contribution in [0.2, 0.25) is 0 Å². The molecule has 0 saturated carbocycles. The number of likely N-dealkylation sites (tertiary alicyclic amines) is 1. The standard InChI is InChI=1S/C30H41N9O2/c1-4-25-31-23-7-5-6-8-24(23)39(25)30-33-28-27(29(34-30)38-14-17-40-18-15-38)32-26(36(28)3)19-37-12-9-21(10-13-37)35(2)22-11-16-41-20-22/h5-8,21-22H,4,9-20H2,1-3H3. The Balaban J connectivity index is 1.21. The first kappa shape index (κ1) is 26.8. The van der Waals surface area contributed by atoms with E-state index in [0.717, 1.165) is 98.4 Å². The van der Waals surface area contributed by atoms with Crippen molar-refractivity contribution in [1.29, 1.82) is 0 Å². The summed E-state index contributed by atoms with van der Waals surface area (Å²) in [6.07, 6.45) is 4.29. The van der Waals surface area contributed by atoms with Gasteiger partial charge in [-0.1, -0.05) is 19.1 Å². The molecule has 0 N–H and O–H groups in total. The molecule has 0 amide bonds. The number of anilines is 1. The van der Waals surface area contributed by atoms with Crippen LogP contribution in [0.4, 0.5) is 5.82 Å². The van der Waals surface area contributed by atoms with E-state index >= 15 is 0 Å². The molecule has 4 aromatic rings. The van der Waals surface area contributed by atoms with Gasteiger partial charge in [0.05, 0.1) is 37.4 Å². The highest BCUT2D eigenvalue weighted by atomic mass is 16.5. The molecule has 11 nitrogen and oxygen atoms in total. The second-order valence-electron chi connectivity index (χ2n) is 11.6. The summed E-state index contributed by atoms with van der Waals surface area (Å²) in [5, 5.41) is 0. The van der Waals surface area contributed by atoms with E-state index in [1.807, 2.05) is 12.1 Å². The van der Waals surface area contributed by atoms with E-state index in [9.17, 15) is 0 Å². The Kier molecular flexibility index (Phi) is 7.36. The number of nitrogens with zero attached hydrogens (tertiary/aromatic N) is 9. The first-order valence-corrected chi connectivity index (χ1v) is 15.2.